The van der Waals surface area contributed by atoms with Gasteiger partial charge in [-0.1, -0.05) is 30.3 Å². The zero-order valence-electron chi connectivity index (χ0n) is 8.74. The Bertz CT molecular complexity index is 221. The number of rotatable bonds is 7. The molecule has 0 unspecified atom stereocenters. The Morgan fingerprint density at radius 1 is 1.07 bits per heavy atom. The highest BCUT2D eigenvalue weighted by Crippen LogP contribution is 2.04. The normalized spacial score (nSPS) is 10.4. The van der Waals surface area contributed by atoms with Gasteiger partial charge in [-0.3, -0.25) is 0 Å². The molecule has 0 aliphatic carbocycles. The molecule has 0 N–H and O–H groups in total. The van der Waals surface area contributed by atoms with Crippen LogP contribution in [0.5, 0.6) is 0 Å². The first-order valence-electron chi connectivity index (χ1n) is 5.04. The van der Waals surface area contributed by atoms with Gasteiger partial charge in [-0.2, -0.15) is 0 Å². The van der Waals surface area contributed by atoms with E-state index < -0.39 is 0 Å². The predicted octanol–water partition coefficient (Wildman–Crippen LogP) is 2.63. The van der Waals surface area contributed by atoms with Crippen LogP contribution in [0.2, 0.25) is 0 Å². The topological polar surface area (TPSA) is 18.5 Å². The second-order valence-corrected chi connectivity index (χ2v) is 3.26. The molecule has 2 heteroatoms. The molecule has 0 atom stereocenters. The lowest BCUT2D eigenvalue weighted by atomic mass is 10.1. The van der Waals surface area contributed by atoms with Crippen LogP contribution in [0.1, 0.15) is 18.4 Å². The third kappa shape index (κ3) is 5.00. The van der Waals surface area contributed by atoms with Crippen LogP contribution in [0, 0.1) is 0 Å². The molecule has 1 rings (SSSR count). The van der Waals surface area contributed by atoms with E-state index >= 15 is 0 Å². The van der Waals surface area contributed by atoms with Crippen molar-refractivity contribution in [2.45, 2.75) is 19.3 Å². The van der Waals surface area contributed by atoms with E-state index in [1.807, 2.05) is 6.07 Å². The number of unbranched alkanes of at least 4 members (excludes halogenated alkanes) is 1. The first-order chi connectivity index (χ1) is 6.93. The first-order valence-corrected chi connectivity index (χ1v) is 5.04. The Morgan fingerprint density at radius 2 is 1.86 bits per heavy atom. The molecule has 1 aromatic rings. The number of aryl methyl sites for hydroxylation is 1. The van der Waals surface area contributed by atoms with Crippen molar-refractivity contribution in [3.8, 4) is 0 Å². The Labute approximate surface area is 85.8 Å². The number of ether oxygens (including phenoxy) is 2. The lowest BCUT2D eigenvalue weighted by molar-refractivity contribution is -0.0314. The van der Waals surface area contributed by atoms with Gasteiger partial charge in [0, 0.05) is 13.7 Å². The summed E-state index contributed by atoms with van der Waals surface area (Å²) in [6.45, 7) is 1.20. The van der Waals surface area contributed by atoms with Gasteiger partial charge < -0.3 is 9.47 Å². The molecule has 0 spiro atoms. The lowest BCUT2D eigenvalue weighted by Gasteiger charge is -2.02. The maximum atomic E-state index is 5.20. The maximum absolute atomic E-state index is 5.20. The van der Waals surface area contributed by atoms with Crippen molar-refractivity contribution < 1.29 is 9.47 Å². The third-order valence-electron chi connectivity index (χ3n) is 2.05. The fourth-order valence-electron chi connectivity index (χ4n) is 1.32. The van der Waals surface area contributed by atoms with Crippen molar-refractivity contribution in [3.63, 3.8) is 0 Å². The van der Waals surface area contributed by atoms with Gasteiger partial charge in [0.2, 0.25) is 0 Å². The van der Waals surface area contributed by atoms with E-state index in [-0.39, 0.29) is 0 Å². The van der Waals surface area contributed by atoms with Gasteiger partial charge in [-0.05, 0) is 24.8 Å². The molecule has 0 amide bonds. The summed E-state index contributed by atoms with van der Waals surface area (Å²) in [7, 11) is 1.64. The molecule has 1 aromatic carbocycles. The number of hydrogen-bond donors (Lipinski definition) is 0. The van der Waals surface area contributed by atoms with Crippen LogP contribution in [0.4, 0.5) is 0 Å². The molecular weight excluding hydrogens is 176 g/mol. The van der Waals surface area contributed by atoms with Gasteiger partial charge in [0.1, 0.15) is 6.79 Å². The summed E-state index contributed by atoms with van der Waals surface area (Å²) in [5.41, 5.74) is 1.40. The van der Waals surface area contributed by atoms with E-state index in [9.17, 15) is 0 Å². The van der Waals surface area contributed by atoms with E-state index in [0.29, 0.717) is 6.79 Å². The SMILES string of the molecule is COCOCCCCc1ccccc1. The molecule has 0 aromatic heterocycles. The second kappa shape index (κ2) is 7.54. The standard InChI is InChI=1S/C12H18O2/c1-13-11-14-10-6-5-9-12-7-3-2-4-8-12/h2-4,7-8H,5-6,9-11H2,1H3. The molecule has 0 saturated heterocycles. The van der Waals surface area contributed by atoms with Crippen LogP contribution in [0.25, 0.3) is 0 Å². The van der Waals surface area contributed by atoms with Crippen molar-refractivity contribution in [1.82, 2.24) is 0 Å². The molecule has 14 heavy (non-hydrogen) atoms. The molecule has 0 aliphatic rings. The Hall–Kier alpha value is -0.860. The van der Waals surface area contributed by atoms with Crippen LogP contribution in [-0.2, 0) is 15.9 Å². The minimum Gasteiger partial charge on any atom is -0.359 e. The molecule has 78 valence electrons. The van der Waals surface area contributed by atoms with Crippen molar-refractivity contribution in [3.05, 3.63) is 35.9 Å². The second-order valence-electron chi connectivity index (χ2n) is 3.26. The smallest absolute Gasteiger partial charge is 0.146 e. The molecule has 0 aliphatic heterocycles. The van der Waals surface area contributed by atoms with Gasteiger partial charge in [0.15, 0.2) is 0 Å². The largest absolute Gasteiger partial charge is 0.359 e. The zero-order valence-corrected chi connectivity index (χ0v) is 8.74. The summed E-state index contributed by atoms with van der Waals surface area (Å²) >= 11 is 0. The van der Waals surface area contributed by atoms with Crippen molar-refractivity contribution in [1.29, 1.82) is 0 Å². The summed E-state index contributed by atoms with van der Waals surface area (Å²) < 4.78 is 9.98. The fraction of sp³-hybridized carbons (Fsp3) is 0.500. The van der Waals surface area contributed by atoms with E-state index in [4.69, 9.17) is 9.47 Å². The fourth-order valence-corrected chi connectivity index (χ4v) is 1.32. The third-order valence-corrected chi connectivity index (χ3v) is 2.05. The van der Waals surface area contributed by atoms with E-state index in [2.05, 4.69) is 24.3 Å². The zero-order chi connectivity index (χ0) is 10.1. The number of methoxy groups -OCH3 is 1. The molecule has 0 heterocycles. The minimum absolute atomic E-state index is 0.408. The maximum Gasteiger partial charge on any atom is 0.146 e. The van der Waals surface area contributed by atoms with Gasteiger partial charge in [-0.15, -0.1) is 0 Å². The van der Waals surface area contributed by atoms with Crippen LogP contribution < -0.4 is 0 Å². The summed E-state index contributed by atoms with van der Waals surface area (Å²) in [5, 5.41) is 0. The molecule has 0 saturated carbocycles. The highest BCUT2D eigenvalue weighted by molar-refractivity contribution is 5.14. The van der Waals surface area contributed by atoms with E-state index in [1.165, 1.54) is 12.0 Å². The average molecular weight is 194 g/mol. The summed E-state index contributed by atoms with van der Waals surface area (Å²) in [5.74, 6) is 0. The lowest BCUT2D eigenvalue weighted by Crippen LogP contribution is -1.98. The minimum atomic E-state index is 0.408. The van der Waals surface area contributed by atoms with E-state index in [1.54, 1.807) is 7.11 Å². The van der Waals surface area contributed by atoms with Crippen LogP contribution in [0.15, 0.2) is 30.3 Å². The Balaban J connectivity index is 1.99. The highest BCUT2D eigenvalue weighted by atomic mass is 16.7. The molecular formula is C12H18O2. The molecule has 0 bridgehead atoms. The number of hydrogen-bond acceptors (Lipinski definition) is 2. The first kappa shape index (κ1) is 11.2. The van der Waals surface area contributed by atoms with Crippen LogP contribution >= 0.6 is 0 Å². The van der Waals surface area contributed by atoms with Crippen molar-refractivity contribution >= 4 is 0 Å². The summed E-state index contributed by atoms with van der Waals surface area (Å²) in [6.07, 6.45) is 3.41. The van der Waals surface area contributed by atoms with Gasteiger partial charge in [-0.25, -0.2) is 0 Å². The average Bonchev–Trinajstić information content (AvgIpc) is 2.25. The summed E-state index contributed by atoms with van der Waals surface area (Å²) in [4.78, 5) is 0. The number of benzene rings is 1. The van der Waals surface area contributed by atoms with Gasteiger partial charge in [0.05, 0.1) is 0 Å². The molecule has 2 nitrogen and oxygen atoms in total. The van der Waals surface area contributed by atoms with Gasteiger partial charge in [0.25, 0.3) is 0 Å². The van der Waals surface area contributed by atoms with Crippen molar-refractivity contribution in [2.24, 2.45) is 0 Å². The van der Waals surface area contributed by atoms with Crippen LogP contribution in [0.3, 0.4) is 0 Å². The highest BCUT2D eigenvalue weighted by Gasteiger charge is 1.92. The Kier molecular flexibility index (Phi) is 6.04. The summed E-state index contributed by atoms with van der Waals surface area (Å²) in [6, 6.07) is 10.5. The van der Waals surface area contributed by atoms with Gasteiger partial charge >= 0.3 is 0 Å². The monoisotopic (exact) mass is 194 g/mol. The molecule has 0 fully saturated rings. The van der Waals surface area contributed by atoms with Crippen molar-refractivity contribution in [2.75, 3.05) is 20.5 Å². The molecule has 0 radical (unpaired) electrons. The van der Waals surface area contributed by atoms with E-state index in [0.717, 1.165) is 19.4 Å². The van der Waals surface area contributed by atoms with Crippen LogP contribution in [-0.4, -0.2) is 20.5 Å². The predicted molar refractivity (Wildman–Crippen MR) is 57.2 cm³/mol. The Morgan fingerprint density at radius 3 is 2.57 bits per heavy atom. The quantitative estimate of drug-likeness (QED) is 0.490.